The van der Waals surface area contributed by atoms with Gasteiger partial charge in [-0.25, -0.2) is 9.37 Å². The van der Waals surface area contributed by atoms with E-state index in [1.54, 1.807) is 24.4 Å². The number of benzene rings is 1. The van der Waals surface area contributed by atoms with Crippen LogP contribution >= 0.6 is 11.6 Å². The van der Waals surface area contributed by atoms with Crippen molar-refractivity contribution >= 4 is 17.2 Å². The van der Waals surface area contributed by atoms with Crippen molar-refractivity contribution in [2.75, 3.05) is 0 Å². The summed E-state index contributed by atoms with van der Waals surface area (Å²) < 4.78 is 14.6. The molecule has 3 rings (SSSR count). The topological polar surface area (TPSA) is 50.4 Å². The molecule has 2 heterocycles. The summed E-state index contributed by atoms with van der Waals surface area (Å²) in [7, 11) is 0. The lowest BCUT2D eigenvalue weighted by Crippen LogP contribution is -2.04. The highest BCUT2D eigenvalue weighted by atomic mass is 35.5. The van der Waals surface area contributed by atoms with E-state index in [1.807, 2.05) is 6.92 Å². The molecule has 0 aliphatic rings. The largest absolute Gasteiger partial charge is 0.493 e. The molecule has 0 fully saturated rings. The standard InChI is InChI=1S/C15H13ClFN3O/c1-2-13-10(7-9-3-4-12(17)11(16)8-9)15(21)20-14(19-13)5-6-18-20/h3-6,8,21H,2,7H2,1H3. The van der Waals surface area contributed by atoms with Crippen LogP contribution in [-0.2, 0) is 12.8 Å². The van der Waals surface area contributed by atoms with E-state index in [0.717, 1.165) is 11.3 Å². The van der Waals surface area contributed by atoms with Gasteiger partial charge in [-0.1, -0.05) is 24.6 Å². The fourth-order valence-electron chi connectivity index (χ4n) is 2.33. The third kappa shape index (κ3) is 2.45. The van der Waals surface area contributed by atoms with Crippen molar-refractivity contribution in [2.45, 2.75) is 19.8 Å². The molecule has 0 amide bonds. The SMILES string of the molecule is CCc1nc2ccnn2c(O)c1Cc1ccc(F)c(Cl)c1. The van der Waals surface area contributed by atoms with Crippen molar-refractivity contribution in [3.8, 4) is 5.88 Å². The zero-order chi connectivity index (χ0) is 15.0. The van der Waals surface area contributed by atoms with Crippen molar-refractivity contribution < 1.29 is 9.50 Å². The maximum Gasteiger partial charge on any atom is 0.219 e. The summed E-state index contributed by atoms with van der Waals surface area (Å²) in [5, 5.41) is 14.5. The number of nitrogens with zero attached hydrogens (tertiary/aromatic N) is 3. The van der Waals surface area contributed by atoms with Crippen molar-refractivity contribution in [3.63, 3.8) is 0 Å². The Bertz CT molecular complexity index is 816. The molecule has 2 aromatic heterocycles. The maximum atomic E-state index is 13.2. The second-order valence-corrected chi connectivity index (χ2v) is 5.15. The molecule has 6 heteroatoms. The van der Waals surface area contributed by atoms with E-state index in [1.165, 1.54) is 10.6 Å². The van der Waals surface area contributed by atoms with Gasteiger partial charge in [0.2, 0.25) is 5.88 Å². The van der Waals surface area contributed by atoms with Crippen LogP contribution < -0.4 is 0 Å². The van der Waals surface area contributed by atoms with Gasteiger partial charge in [0.25, 0.3) is 0 Å². The smallest absolute Gasteiger partial charge is 0.219 e. The van der Waals surface area contributed by atoms with Gasteiger partial charge in [-0.2, -0.15) is 9.61 Å². The predicted octanol–water partition coefficient (Wildman–Crippen LogP) is 3.38. The van der Waals surface area contributed by atoms with Crippen LogP contribution in [0.25, 0.3) is 5.65 Å². The molecular weight excluding hydrogens is 293 g/mol. The number of hydrogen-bond acceptors (Lipinski definition) is 3. The highest BCUT2D eigenvalue weighted by Gasteiger charge is 2.15. The summed E-state index contributed by atoms with van der Waals surface area (Å²) in [6, 6.07) is 6.26. The molecule has 0 bridgehead atoms. The summed E-state index contributed by atoms with van der Waals surface area (Å²) >= 11 is 5.80. The molecule has 0 unspecified atom stereocenters. The lowest BCUT2D eigenvalue weighted by Gasteiger charge is -2.11. The van der Waals surface area contributed by atoms with E-state index in [9.17, 15) is 9.50 Å². The number of rotatable bonds is 3. The second kappa shape index (κ2) is 5.33. The average Bonchev–Trinajstić information content (AvgIpc) is 2.94. The van der Waals surface area contributed by atoms with Gasteiger partial charge in [0.05, 0.1) is 16.9 Å². The second-order valence-electron chi connectivity index (χ2n) is 4.74. The highest BCUT2D eigenvalue weighted by Crippen LogP contribution is 2.26. The van der Waals surface area contributed by atoms with Crippen molar-refractivity contribution in [2.24, 2.45) is 0 Å². The van der Waals surface area contributed by atoms with Crippen LogP contribution in [0.1, 0.15) is 23.7 Å². The number of aromatic hydroxyl groups is 1. The molecule has 4 nitrogen and oxygen atoms in total. The van der Waals surface area contributed by atoms with Gasteiger partial charge in [-0.05, 0) is 24.1 Å². The zero-order valence-electron chi connectivity index (χ0n) is 11.3. The Kier molecular flexibility index (Phi) is 3.51. The molecule has 1 aromatic carbocycles. The number of fused-ring (bicyclic) bond motifs is 1. The zero-order valence-corrected chi connectivity index (χ0v) is 12.1. The van der Waals surface area contributed by atoms with Gasteiger partial charge in [0.15, 0.2) is 5.65 Å². The molecule has 1 N–H and O–H groups in total. The van der Waals surface area contributed by atoms with E-state index in [4.69, 9.17) is 11.6 Å². The van der Waals surface area contributed by atoms with Gasteiger partial charge < -0.3 is 5.11 Å². The van der Waals surface area contributed by atoms with E-state index < -0.39 is 5.82 Å². The van der Waals surface area contributed by atoms with Crippen LogP contribution in [0.15, 0.2) is 30.5 Å². The third-order valence-corrected chi connectivity index (χ3v) is 3.68. The Morgan fingerprint density at radius 1 is 1.33 bits per heavy atom. The predicted molar refractivity (Wildman–Crippen MR) is 78.2 cm³/mol. The monoisotopic (exact) mass is 305 g/mol. The molecule has 0 spiro atoms. The van der Waals surface area contributed by atoms with Crippen LogP contribution in [0.3, 0.4) is 0 Å². The molecule has 0 saturated heterocycles. The molecule has 0 saturated carbocycles. The van der Waals surface area contributed by atoms with Crippen molar-refractivity contribution in [1.82, 2.24) is 14.6 Å². The summed E-state index contributed by atoms with van der Waals surface area (Å²) in [5.74, 6) is -0.400. The first-order valence-corrected chi connectivity index (χ1v) is 6.96. The van der Waals surface area contributed by atoms with Crippen LogP contribution in [0.4, 0.5) is 4.39 Å². The van der Waals surface area contributed by atoms with E-state index in [2.05, 4.69) is 10.1 Å². The fourth-order valence-corrected chi connectivity index (χ4v) is 2.54. The van der Waals surface area contributed by atoms with Crippen molar-refractivity contribution in [1.29, 1.82) is 0 Å². The molecule has 0 atom stereocenters. The number of hydrogen-bond donors (Lipinski definition) is 1. The van der Waals surface area contributed by atoms with Crippen LogP contribution in [0.2, 0.25) is 5.02 Å². The van der Waals surface area contributed by atoms with E-state index >= 15 is 0 Å². The van der Waals surface area contributed by atoms with Crippen LogP contribution in [0, 0.1) is 5.82 Å². The van der Waals surface area contributed by atoms with Gasteiger partial charge in [0, 0.05) is 18.1 Å². The maximum absolute atomic E-state index is 13.2. The third-order valence-electron chi connectivity index (χ3n) is 3.39. The first-order valence-electron chi connectivity index (χ1n) is 6.58. The summed E-state index contributed by atoms with van der Waals surface area (Å²) in [4.78, 5) is 4.48. The van der Waals surface area contributed by atoms with E-state index in [-0.39, 0.29) is 10.9 Å². The van der Waals surface area contributed by atoms with E-state index in [0.29, 0.717) is 24.1 Å². The first-order chi connectivity index (χ1) is 10.1. The Hall–Kier alpha value is -2.14. The Labute approximate surface area is 125 Å². The molecule has 0 aliphatic carbocycles. The molecule has 0 aliphatic heterocycles. The Morgan fingerprint density at radius 3 is 2.86 bits per heavy atom. The van der Waals surface area contributed by atoms with Gasteiger partial charge >= 0.3 is 0 Å². The minimum atomic E-state index is -0.457. The molecular formula is C15H13ClFN3O. The van der Waals surface area contributed by atoms with Crippen LogP contribution in [-0.4, -0.2) is 19.7 Å². The first kappa shape index (κ1) is 13.8. The highest BCUT2D eigenvalue weighted by molar-refractivity contribution is 6.30. The van der Waals surface area contributed by atoms with Gasteiger partial charge in [0.1, 0.15) is 5.82 Å². The molecule has 0 radical (unpaired) electrons. The van der Waals surface area contributed by atoms with Gasteiger partial charge in [-0.3, -0.25) is 0 Å². The molecule has 3 aromatic rings. The lowest BCUT2D eigenvalue weighted by atomic mass is 10.0. The lowest BCUT2D eigenvalue weighted by molar-refractivity contribution is 0.427. The summed E-state index contributed by atoms with van der Waals surface area (Å²) in [5.41, 5.74) is 2.88. The van der Waals surface area contributed by atoms with Crippen LogP contribution in [0.5, 0.6) is 5.88 Å². The summed E-state index contributed by atoms with van der Waals surface area (Å²) in [6.45, 7) is 1.97. The summed E-state index contributed by atoms with van der Waals surface area (Å²) in [6.07, 6.45) is 2.68. The number of aromatic nitrogens is 3. The minimum absolute atomic E-state index is 0.0577. The Balaban J connectivity index is 2.10. The minimum Gasteiger partial charge on any atom is -0.493 e. The number of aryl methyl sites for hydroxylation is 1. The normalized spacial score (nSPS) is 11.2. The number of halogens is 2. The Morgan fingerprint density at radius 2 is 2.14 bits per heavy atom. The fraction of sp³-hybridized carbons (Fsp3) is 0.200. The molecule has 108 valence electrons. The van der Waals surface area contributed by atoms with Crippen molar-refractivity contribution in [3.05, 3.63) is 58.1 Å². The van der Waals surface area contributed by atoms with Gasteiger partial charge in [-0.15, -0.1) is 0 Å². The quantitative estimate of drug-likeness (QED) is 0.807. The average molecular weight is 306 g/mol. The molecule has 21 heavy (non-hydrogen) atoms.